The Labute approximate surface area is 124 Å². The highest BCUT2D eigenvalue weighted by molar-refractivity contribution is 5.74. The van der Waals surface area contributed by atoms with E-state index in [0.717, 1.165) is 29.9 Å². The fourth-order valence-corrected chi connectivity index (χ4v) is 2.43. The molecule has 21 heavy (non-hydrogen) atoms. The van der Waals surface area contributed by atoms with Crippen molar-refractivity contribution in [2.24, 2.45) is 0 Å². The molecule has 1 heterocycles. The normalized spacial score (nSPS) is 11.1. The van der Waals surface area contributed by atoms with Gasteiger partial charge in [-0.25, -0.2) is 4.98 Å². The smallest absolute Gasteiger partial charge is 0.121 e. The molecule has 0 saturated heterocycles. The first-order chi connectivity index (χ1) is 10.4. The summed E-state index contributed by atoms with van der Waals surface area (Å²) in [5, 5.41) is 3.43. The molecule has 0 aliphatic heterocycles. The zero-order chi connectivity index (χ0) is 14.5. The number of hydrogen-bond donors (Lipinski definition) is 2. The van der Waals surface area contributed by atoms with Crippen molar-refractivity contribution in [3.8, 4) is 0 Å². The van der Waals surface area contributed by atoms with Gasteiger partial charge in [-0.3, -0.25) is 0 Å². The average Bonchev–Trinajstić information content (AvgIpc) is 2.92. The van der Waals surface area contributed by atoms with Crippen LogP contribution in [-0.2, 0) is 24.4 Å². The monoisotopic (exact) mass is 281 g/mol. The Bertz CT molecular complexity index is 688. The molecule has 0 fully saturated rings. The minimum atomic E-state index is 0.641. The highest BCUT2D eigenvalue weighted by Gasteiger charge is 2.03. The molecule has 108 valence electrons. The highest BCUT2D eigenvalue weighted by Crippen LogP contribution is 2.12. The van der Waals surface area contributed by atoms with Gasteiger partial charge in [0.15, 0.2) is 0 Å². The molecule has 0 unspecified atom stereocenters. The van der Waals surface area contributed by atoms with Crippen LogP contribution >= 0.6 is 0 Å². The van der Waals surface area contributed by atoms with Crippen molar-refractivity contribution < 1.29 is 4.74 Å². The number of ether oxygens (including phenoxy) is 1. The highest BCUT2D eigenvalue weighted by atomic mass is 16.5. The second kappa shape index (κ2) is 6.52. The van der Waals surface area contributed by atoms with E-state index in [1.807, 2.05) is 30.3 Å². The van der Waals surface area contributed by atoms with E-state index in [9.17, 15) is 0 Å². The minimum Gasteiger partial charge on any atom is -0.380 e. The second-order valence-corrected chi connectivity index (χ2v) is 5.01. The van der Waals surface area contributed by atoms with Gasteiger partial charge in [-0.15, -0.1) is 0 Å². The van der Waals surface area contributed by atoms with Crippen molar-refractivity contribution in [3.63, 3.8) is 0 Å². The molecule has 0 radical (unpaired) electrons. The van der Waals surface area contributed by atoms with Gasteiger partial charge in [0.2, 0.25) is 0 Å². The average molecular weight is 281 g/mol. The number of aromatic amines is 1. The molecule has 3 aromatic rings. The fraction of sp³-hybridized carbons (Fsp3) is 0.235. The largest absolute Gasteiger partial charge is 0.380 e. The van der Waals surface area contributed by atoms with E-state index < -0.39 is 0 Å². The van der Waals surface area contributed by atoms with Crippen LogP contribution in [0.3, 0.4) is 0 Å². The number of para-hydroxylation sites is 2. The lowest BCUT2D eigenvalue weighted by Gasteiger charge is -2.09. The molecule has 0 saturated carbocycles. The number of nitrogens with one attached hydrogen (secondary N) is 2. The van der Waals surface area contributed by atoms with E-state index in [-0.39, 0.29) is 0 Å². The van der Waals surface area contributed by atoms with Gasteiger partial charge in [0.1, 0.15) is 5.82 Å². The van der Waals surface area contributed by atoms with Crippen molar-refractivity contribution in [1.29, 1.82) is 0 Å². The Hall–Kier alpha value is -2.17. The van der Waals surface area contributed by atoms with E-state index in [4.69, 9.17) is 4.74 Å². The van der Waals surface area contributed by atoms with Gasteiger partial charge >= 0.3 is 0 Å². The van der Waals surface area contributed by atoms with Crippen LogP contribution in [0.25, 0.3) is 11.0 Å². The molecule has 0 aliphatic rings. The van der Waals surface area contributed by atoms with Crippen molar-refractivity contribution in [3.05, 3.63) is 65.5 Å². The number of rotatable bonds is 6. The summed E-state index contributed by atoms with van der Waals surface area (Å²) in [7, 11) is 1.72. The Balaban J connectivity index is 1.63. The summed E-state index contributed by atoms with van der Waals surface area (Å²) >= 11 is 0. The molecule has 4 heteroatoms. The number of imidazole rings is 1. The van der Waals surface area contributed by atoms with Crippen molar-refractivity contribution >= 4 is 11.0 Å². The van der Waals surface area contributed by atoms with E-state index in [0.29, 0.717) is 6.61 Å². The van der Waals surface area contributed by atoms with Gasteiger partial charge in [-0.2, -0.15) is 0 Å². The maximum atomic E-state index is 5.23. The Kier molecular flexibility index (Phi) is 4.28. The molecule has 4 nitrogen and oxygen atoms in total. The third-order valence-electron chi connectivity index (χ3n) is 3.46. The predicted octanol–water partition coefficient (Wildman–Crippen LogP) is 3.00. The lowest BCUT2D eigenvalue weighted by molar-refractivity contribution is 0.184. The quantitative estimate of drug-likeness (QED) is 0.730. The lowest BCUT2D eigenvalue weighted by atomic mass is 10.1. The number of benzene rings is 2. The van der Waals surface area contributed by atoms with Crippen LogP contribution in [-0.4, -0.2) is 17.1 Å². The first-order valence-electron chi connectivity index (χ1n) is 7.07. The number of aromatic nitrogens is 2. The SMILES string of the molecule is COCc1ccccc1CNCc1nc2ccccc2[nH]1. The summed E-state index contributed by atoms with van der Waals surface area (Å²) in [5.41, 5.74) is 4.57. The second-order valence-electron chi connectivity index (χ2n) is 5.01. The topological polar surface area (TPSA) is 49.9 Å². The summed E-state index contributed by atoms with van der Waals surface area (Å²) in [6.45, 7) is 2.16. The molecule has 0 atom stereocenters. The summed E-state index contributed by atoms with van der Waals surface area (Å²) in [6.07, 6.45) is 0. The van der Waals surface area contributed by atoms with Gasteiger partial charge in [0.25, 0.3) is 0 Å². The summed E-state index contributed by atoms with van der Waals surface area (Å²) in [4.78, 5) is 7.88. The Morgan fingerprint density at radius 1 is 1.00 bits per heavy atom. The Morgan fingerprint density at radius 3 is 2.57 bits per heavy atom. The predicted molar refractivity (Wildman–Crippen MR) is 83.8 cm³/mol. The number of H-pyrrole nitrogens is 1. The zero-order valence-electron chi connectivity index (χ0n) is 12.1. The van der Waals surface area contributed by atoms with Gasteiger partial charge in [-0.1, -0.05) is 36.4 Å². The Morgan fingerprint density at radius 2 is 1.76 bits per heavy atom. The van der Waals surface area contributed by atoms with E-state index in [2.05, 4.69) is 33.5 Å². The summed E-state index contributed by atoms with van der Waals surface area (Å²) in [6, 6.07) is 16.4. The first kappa shape index (κ1) is 13.8. The molecule has 0 spiro atoms. The molecule has 1 aromatic heterocycles. The maximum Gasteiger partial charge on any atom is 0.121 e. The van der Waals surface area contributed by atoms with Crippen LogP contribution in [0.4, 0.5) is 0 Å². The van der Waals surface area contributed by atoms with Crippen molar-refractivity contribution in [1.82, 2.24) is 15.3 Å². The van der Waals surface area contributed by atoms with E-state index >= 15 is 0 Å². The molecule has 3 rings (SSSR count). The van der Waals surface area contributed by atoms with Gasteiger partial charge in [0, 0.05) is 13.7 Å². The fourth-order valence-electron chi connectivity index (χ4n) is 2.43. The maximum absolute atomic E-state index is 5.23. The van der Waals surface area contributed by atoms with Crippen LogP contribution in [0.1, 0.15) is 17.0 Å². The summed E-state index contributed by atoms with van der Waals surface area (Å²) in [5.74, 6) is 0.959. The standard InChI is InChI=1S/C17H19N3O/c1-21-12-14-7-3-2-6-13(14)10-18-11-17-19-15-8-4-5-9-16(15)20-17/h2-9,18H,10-12H2,1H3,(H,19,20). The molecule has 0 amide bonds. The first-order valence-corrected chi connectivity index (χ1v) is 7.07. The molecule has 0 bridgehead atoms. The third kappa shape index (κ3) is 3.29. The number of nitrogens with zero attached hydrogens (tertiary/aromatic N) is 1. The molecular formula is C17H19N3O. The number of methoxy groups -OCH3 is 1. The van der Waals surface area contributed by atoms with Gasteiger partial charge < -0.3 is 15.0 Å². The van der Waals surface area contributed by atoms with Crippen LogP contribution in [0.15, 0.2) is 48.5 Å². The van der Waals surface area contributed by atoms with Crippen LogP contribution in [0.5, 0.6) is 0 Å². The van der Waals surface area contributed by atoms with Crippen molar-refractivity contribution in [2.45, 2.75) is 19.7 Å². The van der Waals surface area contributed by atoms with Gasteiger partial charge in [-0.05, 0) is 23.3 Å². The molecular weight excluding hydrogens is 262 g/mol. The minimum absolute atomic E-state index is 0.641. The summed E-state index contributed by atoms with van der Waals surface area (Å²) < 4.78 is 5.23. The van der Waals surface area contributed by atoms with Crippen LogP contribution in [0.2, 0.25) is 0 Å². The van der Waals surface area contributed by atoms with Gasteiger partial charge in [0.05, 0.1) is 24.2 Å². The third-order valence-corrected chi connectivity index (χ3v) is 3.46. The van der Waals surface area contributed by atoms with E-state index in [1.165, 1.54) is 11.1 Å². The lowest BCUT2D eigenvalue weighted by Crippen LogP contribution is -2.15. The van der Waals surface area contributed by atoms with E-state index in [1.54, 1.807) is 7.11 Å². The molecule has 2 N–H and O–H groups in total. The zero-order valence-corrected chi connectivity index (χ0v) is 12.1. The van der Waals surface area contributed by atoms with Crippen molar-refractivity contribution in [2.75, 3.05) is 7.11 Å². The number of fused-ring (bicyclic) bond motifs is 1. The van der Waals surface area contributed by atoms with Crippen LogP contribution < -0.4 is 5.32 Å². The van der Waals surface area contributed by atoms with Crippen LogP contribution in [0, 0.1) is 0 Å². The molecule has 2 aromatic carbocycles. The number of hydrogen-bond acceptors (Lipinski definition) is 3. The molecule has 0 aliphatic carbocycles.